The van der Waals surface area contributed by atoms with Gasteiger partial charge in [0.15, 0.2) is 0 Å². The molecule has 2 rings (SSSR count). The predicted molar refractivity (Wildman–Crippen MR) is 62.1 cm³/mol. The average molecular weight is 255 g/mol. The van der Waals surface area contributed by atoms with E-state index in [1.807, 2.05) is 0 Å². The second-order valence-corrected chi connectivity index (χ2v) is 3.96. The number of anilines is 1. The van der Waals surface area contributed by atoms with E-state index < -0.39 is 11.7 Å². The molecule has 1 heterocycles. The van der Waals surface area contributed by atoms with Crippen molar-refractivity contribution in [2.45, 2.75) is 19.6 Å². The number of nitrogens with zero attached hydrogens (tertiary/aromatic N) is 1. The Morgan fingerprint density at radius 3 is 2.72 bits per heavy atom. The number of aromatic amines is 1. The third-order valence-corrected chi connectivity index (χ3v) is 2.58. The molecular weight excluding hydrogens is 243 g/mol. The Bertz CT molecular complexity index is 518. The topological polar surface area (TPSA) is 40.7 Å². The highest BCUT2D eigenvalue weighted by Crippen LogP contribution is 2.33. The van der Waals surface area contributed by atoms with Crippen LogP contribution in [-0.4, -0.2) is 9.97 Å². The van der Waals surface area contributed by atoms with E-state index in [4.69, 9.17) is 0 Å². The third-order valence-electron chi connectivity index (χ3n) is 2.58. The van der Waals surface area contributed by atoms with Gasteiger partial charge in [-0.3, -0.25) is 0 Å². The molecule has 0 aliphatic heterocycles. The maximum absolute atomic E-state index is 12.7. The van der Waals surface area contributed by atoms with Crippen molar-refractivity contribution in [3.05, 3.63) is 47.5 Å². The van der Waals surface area contributed by atoms with Crippen molar-refractivity contribution in [3.63, 3.8) is 0 Å². The van der Waals surface area contributed by atoms with E-state index in [-0.39, 0.29) is 5.56 Å². The van der Waals surface area contributed by atoms with E-state index in [0.29, 0.717) is 12.2 Å². The Balaban J connectivity index is 2.15. The molecule has 0 radical (unpaired) electrons. The zero-order valence-corrected chi connectivity index (χ0v) is 9.67. The van der Waals surface area contributed by atoms with E-state index in [9.17, 15) is 13.2 Å². The van der Waals surface area contributed by atoms with Gasteiger partial charge in [0.25, 0.3) is 0 Å². The molecule has 2 aromatic rings. The van der Waals surface area contributed by atoms with E-state index in [2.05, 4.69) is 15.3 Å². The minimum atomic E-state index is -4.32. The molecule has 0 spiro atoms. The number of rotatable bonds is 3. The summed E-state index contributed by atoms with van der Waals surface area (Å²) in [6.07, 6.45) is -1.19. The fourth-order valence-electron chi connectivity index (χ4n) is 1.62. The Labute approximate surface area is 102 Å². The fraction of sp³-hybridized carbons (Fsp3) is 0.250. The lowest BCUT2D eigenvalue weighted by atomic mass is 10.1. The highest BCUT2D eigenvalue weighted by Gasteiger charge is 2.32. The molecule has 0 amide bonds. The molecule has 96 valence electrons. The van der Waals surface area contributed by atoms with Crippen LogP contribution in [-0.2, 0) is 12.7 Å². The van der Waals surface area contributed by atoms with Gasteiger partial charge in [-0.25, -0.2) is 4.98 Å². The van der Waals surface area contributed by atoms with Gasteiger partial charge in [0.1, 0.15) is 0 Å². The van der Waals surface area contributed by atoms with Crippen LogP contribution in [0.2, 0.25) is 0 Å². The van der Waals surface area contributed by atoms with Crippen LogP contribution in [0.1, 0.15) is 16.8 Å². The first-order valence-electron chi connectivity index (χ1n) is 5.36. The van der Waals surface area contributed by atoms with Crippen LogP contribution in [0.15, 0.2) is 30.7 Å². The van der Waals surface area contributed by atoms with Crippen LogP contribution in [0, 0.1) is 6.92 Å². The van der Waals surface area contributed by atoms with Crippen LogP contribution < -0.4 is 5.32 Å². The summed E-state index contributed by atoms with van der Waals surface area (Å²) in [7, 11) is 0. The molecule has 3 nitrogen and oxygen atoms in total. The number of H-pyrrole nitrogens is 1. The molecule has 0 atom stereocenters. The van der Waals surface area contributed by atoms with E-state index in [0.717, 1.165) is 11.8 Å². The second kappa shape index (κ2) is 4.72. The number of hydrogen-bond donors (Lipinski definition) is 2. The highest BCUT2D eigenvalue weighted by molar-refractivity contribution is 5.49. The van der Waals surface area contributed by atoms with Crippen LogP contribution in [0.25, 0.3) is 0 Å². The standard InChI is InChI=1S/C12H12F3N3/c1-8-2-3-9(4-11(8)12(13,14)15)17-6-10-5-16-7-18-10/h2-5,7,17H,6H2,1H3,(H,16,18). The number of hydrogen-bond acceptors (Lipinski definition) is 2. The summed E-state index contributed by atoms with van der Waals surface area (Å²) in [4.78, 5) is 6.70. The highest BCUT2D eigenvalue weighted by atomic mass is 19.4. The molecule has 2 N–H and O–H groups in total. The number of halogens is 3. The smallest absolute Gasteiger partial charge is 0.379 e. The number of aromatic nitrogens is 2. The lowest BCUT2D eigenvalue weighted by Crippen LogP contribution is -2.09. The number of aryl methyl sites for hydroxylation is 1. The average Bonchev–Trinajstić information content (AvgIpc) is 2.79. The van der Waals surface area contributed by atoms with Gasteiger partial charge in [-0.05, 0) is 24.6 Å². The molecule has 1 aromatic carbocycles. The van der Waals surface area contributed by atoms with Gasteiger partial charge < -0.3 is 10.3 Å². The molecule has 6 heteroatoms. The van der Waals surface area contributed by atoms with Gasteiger partial charge in [-0.2, -0.15) is 13.2 Å². The maximum atomic E-state index is 12.7. The van der Waals surface area contributed by atoms with Crippen molar-refractivity contribution >= 4 is 5.69 Å². The van der Waals surface area contributed by atoms with E-state index in [1.54, 1.807) is 12.3 Å². The number of benzene rings is 1. The monoisotopic (exact) mass is 255 g/mol. The van der Waals surface area contributed by atoms with E-state index in [1.165, 1.54) is 19.3 Å². The van der Waals surface area contributed by atoms with Gasteiger partial charge in [-0.15, -0.1) is 0 Å². The minimum Gasteiger partial charge on any atom is -0.379 e. The minimum absolute atomic E-state index is 0.217. The van der Waals surface area contributed by atoms with Crippen LogP contribution >= 0.6 is 0 Å². The van der Waals surface area contributed by atoms with Crippen LogP contribution in [0.5, 0.6) is 0 Å². The SMILES string of the molecule is Cc1ccc(NCc2cnc[nH]2)cc1C(F)(F)F. The van der Waals surface area contributed by atoms with Crippen molar-refractivity contribution in [1.29, 1.82) is 0 Å². The molecule has 1 aromatic heterocycles. The van der Waals surface area contributed by atoms with Crippen molar-refractivity contribution < 1.29 is 13.2 Å². The summed E-state index contributed by atoms with van der Waals surface area (Å²) in [6, 6.07) is 4.20. The summed E-state index contributed by atoms with van der Waals surface area (Å²) in [5.41, 5.74) is 0.846. The van der Waals surface area contributed by atoms with Crippen LogP contribution in [0.3, 0.4) is 0 Å². The van der Waals surface area contributed by atoms with Crippen molar-refractivity contribution in [3.8, 4) is 0 Å². The molecule has 0 saturated heterocycles. The molecule has 0 unspecified atom stereocenters. The van der Waals surface area contributed by atoms with Gasteiger partial charge in [0, 0.05) is 11.9 Å². The molecule has 0 saturated carbocycles. The van der Waals surface area contributed by atoms with Crippen molar-refractivity contribution in [1.82, 2.24) is 9.97 Å². The third kappa shape index (κ3) is 2.82. The quantitative estimate of drug-likeness (QED) is 0.883. The largest absolute Gasteiger partial charge is 0.416 e. The molecule has 0 aliphatic rings. The lowest BCUT2D eigenvalue weighted by Gasteiger charge is -2.13. The molecule has 0 fully saturated rings. The summed E-state index contributed by atoms with van der Waals surface area (Å²) in [5.74, 6) is 0. The van der Waals surface area contributed by atoms with Gasteiger partial charge >= 0.3 is 6.18 Å². The molecule has 0 bridgehead atoms. The number of nitrogens with one attached hydrogen (secondary N) is 2. The zero-order valence-electron chi connectivity index (χ0n) is 9.67. The number of alkyl halides is 3. The summed E-state index contributed by atoms with van der Waals surface area (Å²) >= 11 is 0. The Kier molecular flexibility index (Phi) is 3.27. The Morgan fingerprint density at radius 2 is 2.11 bits per heavy atom. The maximum Gasteiger partial charge on any atom is 0.416 e. The van der Waals surface area contributed by atoms with Gasteiger partial charge in [-0.1, -0.05) is 6.07 Å². The first-order chi connectivity index (χ1) is 8.47. The van der Waals surface area contributed by atoms with Crippen LogP contribution in [0.4, 0.5) is 18.9 Å². The predicted octanol–water partition coefficient (Wildman–Crippen LogP) is 3.35. The molecule has 18 heavy (non-hydrogen) atoms. The summed E-state index contributed by atoms with van der Waals surface area (Å²) in [5, 5.41) is 2.92. The summed E-state index contributed by atoms with van der Waals surface area (Å²) in [6.45, 7) is 1.85. The lowest BCUT2D eigenvalue weighted by molar-refractivity contribution is -0.138. The Morgan fingerprint density at radius 1 is 1.33 bits per heavy atom. The fourth-order valence-corrected chi connectivity index (χ4v) is 1.62. The van der Waals surface area contributed by atoms with Crippen molar-refractivity contribution in [2.24, 2.45) is 0 Å². The number of imidazole rings is 1. The van der Waals surface area contributed by atoms with Crippen molar-refractivity contribution in [2.75, 3.05) is 5.32 Å². The first-order valence-corrected chi connectivity index (χ1v) is 5.36. The zero-order chi connectivity index (χ0) is 13.2. The van der Waals surface area contributed by atoms with E-state index >= 15 is 0 Å². The van der Waals surface area contributed by atoms with Gasteiger partial charge in [0.05, 0.1) is 24.1 Å². The van der Waals surface area contributed by atoms with Gasteiger partial charge in [0.2, 0.25) is 0 Å². The Hall–Kier alpha value is -1.98. The molecular formula is C12H12F3N3. The first kappa shape index (κ1) is 12.5. The normalized spacial score (nSPS) is 11.6. The second-order valence-electron chi connectivity index (χ2n) is 3.96. The molecule has 0 aliphatic carbocycles. The summed E-state index contributed by atoms with van der Waals surface area (Å²) < 4.78 is 38.1.